The number of hydrogen-bond acceptors (Lipinski definition) is 2. The van der Waals surface area contributed by atoms with Crippen LogP contribution in [0.3, 0.4) is 0 Å². The monoisotopic (exact) mass is 274 g/mol. The van der Waals surface area contributed by atoms with Gasteiger partial charge in [-0.05, 0) is 55.2 Å². The van der Waals surface area contributed by atoms with Crippen molar-refractivity contribution < 1.29 is 9.53 Å². The average molecular weight is 274 g/mol. The maximum absolute atomic E-state index is 11.5. The van der Waals surface area contributed by atoms with Crippen LogP contribution in [0.4, 0.5) is 0 Å². The summed E-state index contributed by atoms with van der Waals surface area (Å²) >= 11 is 0. The van der Waals surface area contributed by atoms with E-state index in [1.54, 1.807) is 31.2 Å². The van der Waals surface area contributed by atoms with Crippen LogP contribution in [0.5, 0.6) is 0 Å². The maximum Gasteiger partial charge on any atom is 0.338 e. The molecule has 21 heavy (non-hydrogen) atoms. The normalized spacial score (nSPS) is 8.81. The smallest absolute Gasteiger partial charge is 0.338 e. The van der Waals surface area contributed by atoms with E-state index in [2.05, 4.69) is 23.7 Å². The van der Waals surface area contributed by atoms with Crippen LogP contribution < -0.4 is 0 Å². The number of rotatable bonds is 2. The van der Waals surface area contributed by atoms with E-state index in [0.29, 0.717) is 12.2 Å². The van der Waals surface area contributed by atoms with E-state index in [1.165, 1.54) is 0 Å². The van der Waals surface area contributed by atoms with Gasteiger partial charge in [0.25, 0.3) is 0 Å². The molecule has 2 aromatic rings. The summed E-state index contributed by atoms with van der Waals surface area (Å²) in [6.07, 6.45) is 0. The second-order valence-corrected chi connectivity index (χ2v) is 4.16. The summed E-state index contributed by atoms with van der Waals surface area (Å²) in [4.78, 5) is 11.5. The summed E-state index contributed by atoms with van der Waals surface area (Å²) in [5.41, 5.74) is 2.27. The zero-order valence-corrected chi connectivity index (χ0v) is 11.7. The summed E-state index contributed by atoms with van der Waals surface area (Å²) in [5, 5.41) is 0. The Kier molecular flexibility index (Phi) is 5.21. The molecule has 0 radical (unpaired) electrons. The van der Waals surface area contributed by atoms with Crippen LogP contribution in [0.15, 0.2) is 54.6 Å². The third kappa shape index (κ3) is 4.56. The van der Waals surface area contributed by atoms with E-state index in [4.69, 9.17) is 4.74 Å². The first-order chi connectivity index (χ1) is 10.3. The van der Waals surface area contributed by atoms with E-state index in [1.807, 2.05) is 30.3 Å². The van der Waals surface area contributed by atoms with Crippen LogP contribution in [0.2, 0.25) is 0 Å². The van der Waals surface area contributed by atoms with Gasteiger partial charge in [-0.15, -0.1) is 0 Å². The molecule has 0 unspecified atom stereocenters. The van der Waals surface area contributed by atoms with Crippen molar-refractivity contribution in [1.82, 2.24) is 0 Å². The minimum absolute atomic E-state index is 0.319. The van der Waals surface area contributed by atoms with E-state index in [0.717, 1.165) is 11.1 Å². The fourth-order valence-corrected chi connectivity index (χ4v) is 1.63. The lowest BCUT2D eigenvalue weighted by Gasteiger charge is -2.00. The van der Waals surface area contributed by atoms with E-state index >= 15 is 0 Å². The van der Waals surface area contributed by atoms with Crippen molar-refractivity contribution in [2.24, 2.45) is 0 Å². The molecule has 2 nitrogen and oxygen atoms in total. The van der Waals surface area contributed by atoms with Crippen molar-refractivity contribution in [3.8, 4) is 23.7 Å². The van der Waals surface area contributed by atoms with Crippen molar-refractivity contribution in [1.29, 1.82) is 0 Å². The lowest BCUT2D eigenvalue weighted by Crippen LogP contribution is -2.04. The van der Waals surface area contributed by atoms with Crippen LogP contribution in [0.1, 0.15) is 28.4 Å². The molecule has 0 N–H and O–H groups in total. The summed E-state index contributed by atoms with van der Waals surface area (Å²) in [5.74, 6) is 11.2. The molecule has 0 aliphatic rings. The summed E-state index contributed by atoms with van der Waals surface area (Å²) in [6, 6.07) is 16.6. The SMILES string of the molecule is CCOC(=O)c1ccc(C#CC#Cc2ccccc2)cc1. The van der Waals surface area contributed by atoms with Gasteiger partial charge in [0.05, 0.1) is 12.2 Å². The van der Waals surface area contributed by atoms with Gasteiger partial charge < -0.3 is 4.74 Å². The molecule has 0 aromatic heterocycles. The highest BCUT2D eigenvalue weighted by atomic mass is 16.5. The molecule has 0 spiro atoms. The first-order valence-electron chi connectivity index (χ1n) is 6.64. The number of ether oxygens (including phenoxy) is 1. The molecule has 0 saturated heterocycles. The Morgan fingerprint density at radius 1 is 0.905 bits per heavy atom. The van der Waals surface area contributed by atoms with Crippen molar-refractivity contribution in [2.75, 3.05) is 6.61 Å². The van der Waals surface area contributed by atoms with Crippen LogP contribution in [0, 0.1) is 23.7 Å². The van der Waals surface area contributed by atoms with E-state index < -0.39 is 0 Å². The standard InChI is InChI=1S/C19H14O2/c1-2-21-19(20)18-14-12-17(13-15-18)11-7-6-10-16-8-4-3-5-9-16/h3-5,8-9,12-15H,2H2,1H3. The van der Waals surface area contributed by atoms with E-state index in [9.17, 15) is 4.79 Å². The molecule has 0 amide bonds. The highest BCUT2D eigenvalue weighted by Gasteiger charge is 2.04. The highest BCUT2D eigenvalue weighted by molar-refractivity contribution is 5.89. The van der Waals surface area contributed by atoms with Gasteiger partial charge in [0.2, 0.25) is 0 Å². The molecule has 2 heteroatoms. The van der Waals surface area contributed by atoms with Gasteiger partial charge in [0.1, 0.15) is 0 Å². The Balaban J connectivity index is 2.03. The predicted octanol–water partition coefficient (Wildman–Crippen LogP) is 3.27. The molecule has 0 bridgehead atoms. The molecular formula is C19H14O2. The van der Waals surface area contributed by atoms with Crippen LogP contribution in [0.25, 0.3) is 0 Å². The van der Waals surface area contributed by atoms with Crippen molar-refractivity contribution in [3.05, 3.63) is 71.3 Å². The number of esters is 1. The van der Waals surface area contributed by atoms with Gasteiger partial charge in [0, 0.05) is 11.1 Å². The quantitative estimate of drug-likeness (QED) is 0.620. The van der Waals surface area contributed by atoms with Crippen LogP contribution in [-0.2, 0) is 4.74 Å². The topological polar surface area (TPSA) is 26.3 Å². The third-order valence-electron chi connectivity index (χ3n) is 2.65. The lowest BCUT2D eigenvalue weighted by molar-refractivity contribution is 0.0526. The molecule has 0 fully saturated rings. The van der Waals surface area contributed by atoms with Gasteiger partial charge in [-0.3, -0.25) is 0 Å². The van der Waals surface area contributed by atoms with Gasteiger partial charge in [-0.1, -0.05) is 30.0 Å². The first kappa shape index (κ1) is 14.4. The van der Waals surface area contributed by atoms with Crippen molar-refractivity contribution >= 4 is 5.97 Å². The second kappa shape index (κ2) is 7.58. The number of carbonyl (C=O) groups excluding carboxylic acids is 1. The molecule has 0 atom stereocenters. The minimum Gasteiger partial charge on any atom is -0.462 e. The molecule has 2 rings (SSSR count). The number of hydrogen-bond donors (Lipinski definition) is 0. The molecule has 0 aliphatic heterocycles. The van der Waals surface area contributed by atoms with Gasteiger partial charge in [-0.25, -0.2) is 4.79 Å². The van der Waals surface area contributed by atoms with Crippen molar-refractivity contribution in [2.45, 2.75) is 6.92 Å². The predicted molar refractivity (Wildman–Crippen MR) is 82.6 cm³/mol. The first-order valence-corrected chi connectivity index (χ1v) is 6.64. The van der Waals surface area contributed by atoms with Gasteiger partial charge in [0.15, 0.2) is 0 Å². The fourth-order valence-electron chi connectivity index (χ4n) is 1.63. The maximum atomic E-state index is 11.5. The minimum atomic E-state index is -0.319. The molecule has 0 heterocycles. The summed E-state index contributed by atoms with van der Waals surface area (Å²) in [6.45, 7) is 2.15. The Hall–Kier alpha value is -2.97. The zero-order chi connectivity index (χ0) is 14.9. The van der Waals surface area contributed by atoms with Crippen LogP contribution >= 0.6 is 0 Å². The Morgan fingerprint density at radius 2 is 1.48 bits per heavy atom. The van der Waals surface area contributed by atoms with Crippen LogP contribution in [-0.4, -0.2) is 12.6 Å². The zero-order valence-electron chi connectivity index (χ0n) is 11.7. The van der Waals surface area contributed by atoms with Crippen molar-refractivity contribution in [3.63, 3.8) is 0 Å². The fraction of sp³-hybridized carbons (Fsp3) is 0.105. The molecular weight excluding hydrogens is 260 g/mol. The molecule has 2 aromatic carbocycles. The Labute approximate surface area is 124 Å². The largest absolute Gasteiger partial charge is 0.462 e. The third-order valence-corrected chi connectivity index (χ3v) is 2.65. The molecule has 0 aliphatic carbocycles. The second-order valence-electron chi connectivity index (χ2n) is 4.16. The number of carbonyl (C=O) groups is 1. The molecule has 102 valence electrons. The molecule has 0 saturated carbocycles. The lowest BCUT2D eigenvalue weighted by atomic mass is 10.1. The number of benzene rings is 2. The van der Waals surface area contributed by atoms with Gasteiger partial charge in [-0.2, -0.15) is 0 Å². The summed E-state index contributed by atoms with van der Waals surface area (Å²) in [7, 11) is 0. The summed E-state index contributed by atoms with van der Waals surface area (Å²) < 4.78 is 4.92. The van der Waals surface area contributed by atoms with E-state index in [-0.39, 0.29) is 5.97 Å². The highest BCUT2D eigenvalue weighted by Crippen LogP contribution is 2.05. The van der Waals surface area contributed by atoms with Gasteiger partial charge >= 0.3 is 5.97 Å². The average Bonchev–Trinajstić information content (AvgIpc) is 2.53. The Morgan fingerprint density at radius 3 is 2.05 bits per heavy atom. The Bertz CT molecular complexity index is 720.